The van der Waals surface area contributed by atoms with Gasteiger partial charge in [0.1, 0.15) is 11.9 Å². The van der Waals surface area contributed by atoms with Gasteiger partial charge >= 0.3 is 0 Å². The molecule has 1 N–H and O–H groups in total. The van der Waals surface area contributed by atoms with Gasteiger partial charge in [-0.3, -0.25) is 4.79 Å². The Labute approximate surface area is 148 Å². The van der Waals surface area contributed by atoms with Crippen molar-refractivity contribution < 1.29 is 17.6 Å². The summed E-state index contributed by atoms with van der Waals surface area (Å²) in [5, 5.41) is 0. The van der Waals surface area contributed by atoms with Crippen LogP contribution in [0.3, 0.4) is 0 Å². The molecule has 1 atom stereocenters. The normalized spacial score (nSPS) is 21.3. The third kappa shape index (κ3) is 4.56. The second-order valence-electron chi connectivity index (χ2n) is 6.74. The zero-order valence-corrected chi connectivity index (χ0v) is 15.1. The van der Waals surface area contributed by atoms with Crippen molar-refractivity contribution >= 4 is 16.1 Å². The topological polar surface area (TPSA) is 69.7 Å². The van der Waals surface area contributed by atoms with E-state index in [1.165, 1.54) is 16.4 Å². The number of nitrogens with zero attached hydrogens (tertiary/aromatic N) is 2. The van der Waals surface area contributed by atoms with Gasteiger partial charge in [0.15, 0.2) is 0 Å². The van der Waals surface area contributed by atoms with E-state index in [1.54, 1.807) is 24.0 Å². The summed E-state index contributed by atoms with van der Waals surface area (Å²) in [5.41, 5.74) is 0.821. The summed E-state index contributed by atoms with van der Waals surface area (Å²) >= 11 is 0. The molecule has 1 aliphatic heterocycles. The number of benzene rings is 1. The van der Waals surface area contributed by atoms with Gasteiger partial charge in [-0.25, -0.2) is 4.39 Å². The van der Waals surface area contributed by atoms with Crippen LogP contribution in [0.1, 0.15) is 31.7 Å². The number of hydrogen-bond acceptors (Lipinski definition) is 3. The fourth-order valence-electron chi connectivity index (χ4n) is 3.06. The van der Waals surface area contributed by atoms with Crippen LogP contribution in [0.25, 0.3) is 0 Å². The summed E-state index contributed by atoms with van der Waals surface area (Å²) in [6.07, 6.45) is 2.58. The first kappa shape index (κ1) is 18.3. The van der Waals surface area contributed by atoms with Gasteiger partial charge in [-0.15, -0.1) is 0 Å². The fraction of sp³-hybridized carbons (Fsp3) is 0.588. The summed E-state index contributed by atoms with van der Waals surface area (Å²) in [6.45, 7) is 3.56. The fourth-order valence-corrected chi connectivity index (χ4v) is 4.53. The van der Waals surface area contributed by atoms with Crippen molar-refractivity contribution in [1.82, 2.24) is 13.9 Å². The molecule has 1 amide bonds. The van der Waals surface area contributed by atoms with Gasteiger partial charge < -0.3 is 4.90 Å². The first-order valence-electron chi connectivity index (χ1n) is 8.69. The van der Waals surface area contributed by atoms with Gasteiger partial charge in [-0.2, -0.15) is 17.4 Å². The van der Waals surface area contributed by atoms with E-state index in [1.807, 2.05) is 0 Å². The highest BCUT2D eigenvalue weighted by molar-refractivity contribution is 7.87. The predicted molar refractivity (Wildman–Crippen MR) is 92.2 cm³/mol. The number of amides is 1. The molecule has 6 nitrogen and oxygen atoms in total. The summed E-state index contributed by atoms with van der Waals surface area (Å²) < 4.78 is 42.0. The molecule has 0 radical (unpaired) electrons. The molecule has 1 unspecified atom stereocenters. The Hall–Kier alpha value is -1.51. The third-order valence-electron chi connectivity index (χ3n) is 4.73. The molecule has 1 heterocycles. The largest absolute Gasteiger partial charge is 0.337 e. The lowest BCUT2D eigenvalue weighted by Crippen LogP contribution is -2.48. The van der Waals surface area contributed by atoms with Crippen molar-refractivity contribution in [3.63, 3.8) is 0 Å². The van der Waals surface area contributed by atoms with E-state index in [0.717, 1.165) is 18.4 Å². The van der Waals surface area contributed by atoms with Crippen LogP contribution in [0.4, 0.5) is 4.39 Å². The summed E-state index contributed by atoms with van der Waals surface area (Å²) in [5.74, 6) is -0.0985. The Balaban J connectivity index is 1.60. The van der Waals surface area contributed by atoms with E-state index in [-0.39, 0.29) is 11.7 Å². The number of hydrogen-bond donors (Lipinski definition) is 1. The number of nitrogens with one attached hydrogen (secondary N) is 1. The molecule has 3 rings (SSSR count). The van der Waals surface area contributed by atoms with Crippen molar-refractivity contribution in [1.29, 1.82) is 0 Å². The molecule has 1 aromatic rings. The number of carbonyl (C=O) groups excluding carboxylic acids is 1. The van der Waals surface area contributed by atoms with Gasteiger partial charge in [-0.1, -0.05) is 19.1 Å². The van der Waals surface area contributed by atoms with Crippen LogP contribution in [0.15, 0.2) is 24.3 Å². The molecule has 1 saturated heterocycles. The van der Waals surface area contributed by atoms with Crippen LogP contribution in [0.5, 0.6) is 0 Å². The van der Waals surface area contributed by atoms with Crippen LogP contribution >= 0.6 is 0 Å². The van der Waals surface area contributed by atoms with Crippen molar-refractivity contribution in [2.75, 3.05) is 19.6 Å². The lowest BCUT2D eigenvalue weighted by atomic mass is 10.2. The Kier molecular flexibility index (Phi) is 5.41. The van der Waals surface area contributed by atoms with Crippen molar-refractivity contribution in [3.05, 3.63) is 35.6 Å². The minimum atomic E-state index is -3.66. The molecule has 8 heteroatoms. The highest BCUT2D eigenvalue weighted by Crippen LogP contribution is 2.30. The molecule has 1 aromatic carbocycles. The molecular formula is C17H24FN3O3S. The molecule has 1 aliphatic carbocycles. The molecule has 2 aliphatic rings. The molecule has 138 valence electrons. The Morgan fingerprint density at radius 3 is 2.52 bits per heavy atom. The highest BCUT2D eigenvalue weighted by atomic mass is 32.2. The molecular weight excluding hydrogens is 345 g/mol. The summed E-state index contributed by atoms with van der Waals surface area (Å²) in [6, 6.07) is 5.25. The number of halogens is 1. The molecule has 25 heavy (non-hydrogen) atoms. The quantitative estimate of drug-likeness (QED) is 0.755. The van der Waals surface area contributed by atoms with E-state index in [9.17, 15) is 17.6 Å². The molecule has 0 spiro atoms. The molecule has 2 fully saturated rings. The van der Waals surface area contributed by atoms with Crippen LogP contribution in [0.2, 0.25) is 0 Å². The van der Waals surface area contributed by atoms with Crippen LogP contribution in [0, 0.1) is 11.7 Å². The van der Waals surface area contributed by atoms with E-state index in [2.05, 4.69) is 4.72 Å². The standard InChI is InChI=1S/C17H24FN3O3S/c1-2-21(12-14-3-4-14)25(23,24)19-16-9-10-20(17(16)22)11-13-5-7-15(18)8-6-13/h5-8,14,16,19H,2-4,9-12H2,1H3. The number of rotatable bonds is 8. The lowest BCUT2D eigenvalue weighted by Gasteiger charge is -2.23. The maximum absolute atomic E-state index is 13.0. The third-order valence-corrected chi connectivity index (χ3v) is 6.40. The van der Waals surface area contributed by atoms with Gasteiger partial charge in [0.25, 0.3) is 10.2 Å². The minimum Gasteiger partial charge on any atom is -0.337 e. The van der Waals surface area contributed by atoms with Crippen LogP contribution in [-0.2, 0) is 21.5 Å². The maximum Gasteiger partial charge on any atom is 0.280 e. The van der Waals surface area contributed by atoms with Crippen LogP contribution < -0.4 is 4.72 Å². The number of carbonyl (C=O) groups is 1. The van der Waals surface area contributed by atoms with Crippen molar-refractivity contribution in [3.8, 4) is 0 Å². The molecule has 1 saturated carbocycles. The second-order valence-corrected chi connectivity index (χ2v) is 8.45. The van der Waals surface area contributed by atoms with Gasteiger partial charge in [-0.05, 0) is 42.9 Å². The molecule has 0 aromatic heterocycles. The SMILES string of the molecule is CCN(CC1CC1)S(=O)(=O)NC1CCN(Cc2ccc(F)cc2)C1=O. The highest BCUT2D eigenvalue weighted by Gasteiger charge is 2.37. The smallest absolute Gasteiger partial charge is 0.280 e. The Bertz CT molecular complexity index is 719. The van der Waals surface area contributed by atoms with Gasteiger partial charge in [0, 0.05) is 26.2 Å². The van der Waals surface area contributed by atoms with Crippen LogP contribution in [-0.4, -0.2) is 49.2 Å². The van der Waals surface area contributed by atoms with Gasteiger partial charge in [0.05, 0.1) is 0 Å². The second kappa shape index (κ2) is 7.39. The van der Waals surface area contributed by atoms with Gasteiger partial charge in [0.2, 0.25) is 5.91 Å². The monoisotopic (exact) mass is 369 g/mol. The van der Waals surface area contributed by atoms with E-state index in [4.69, 9.17) is 0 Å². The summed E-state index contributed by atoms with van der Waals surface area (Å²) in [4.78, 5) is 14.1. The first-order chi connectivity index (χ1) is 11.9. The lowest BCUT2D eigenvalue weighted by molar-refractivity contribution is -0.129. The first-order valence-corrected chi connectivity index (χ1v) is 10.1. The zero-order chi connectivity index (χ0) is 18.0. The van der Waals surface area contributed by atoms with E-state index >= 15 is 0 Å². The Morgan fingerprint density at radius 1 is 1.24 bits per heavy atom. The van der Waals surface area contributed by atoms with Crippen molar-refractivity contribution in [2.45, 2.75) is 38.8 Å². The Morgan fingerprint density at radius 2 is 1.92 bits per heavy atom. The average Bonchev–Trinajstić information content (AvgIpc) is 3.34. The minimum absolute atomic E-state index is 0.227. The predicted octanol–water partition coefficient (Wildman–Crippen LogP) is 1.49. The maximum atomic E-state index is 13.0. The number of likely N-dealkylation sites (tertiary alicyclic amines) is 1. The average molecular weight is 369 g/mol. The van der Waals surface area contributed by atoms with Crippen molar-refractivity contribution in [2.24, 2.45) is 5.92 Å². The van der Waals surface area contributed by atoms with E-state index in [0.29, 0.717) is 38.5 Å². The molecule has 0 bridgehead atoms. The van der Waals surface area contributed by atoms with E-state index < -0.39 is 16.3 Å². The summed E-state index contributed by atoms with van der Waals surface area (Å²) in [7, 11) is -3.66. The zero-order valence-electron chi connectivity index (χ0n) is 14.3.